The Bertz CT molecular complexity index is 995. The normalized spacial score (nSPS) is 15.4. The van der Waals surface area contributed by atoms with E-state index in [4.69, 9.17) is 4.52 Å². The summed E-state index contributed by atoms with van der Waals surface area (Å²) in [5, 5.41) is 16.4. The lowest BCUT2D eigenvalue weighted by Crippen LogP contribution is -2.21. The average Bonchev–Trinajstić information content (AvgIpc) is 3.23. The number of hydrogen-bond acceptors (Lipinski definition) is 4. The van der Waals surface area contributed by atoms with Gasteiger partial charge in [0, 0.05) is 48.7 Å². The molecular formula is C20H23N3O3. The summed E-state index contributed by atoms with van der Waals surface area (Å²) in [6.07, 6.45) is 4.45. The van der Waals surface area contributed by atoms with Gasteiger partial charge in [0.1, 0.15) is 0 Å². The second kappa shape index (κ2) is 5.90. The molecule has 1 fully saturated rings. The molecule has 136 valence electrons. The summed E-state index contributed by atoms with van der Waals surface area (Å²) in [4.78, 5) is 13.5. The van der Waals surface area contributed by atoms with Crippen LogP contribution in [0.15, 0.2) is 28.9 Å². The van der Waals surface area contributed by atoms with Crippen LogP contribution in [-0.2, 0) is 0 Å². The number of benzene rings is 1. The van der Waals surface area contributed by atoms with Crippen molar-refractivity contribution in [3.8, 4) is 17.2 Å². The van der Waals surface area contributed by atoms with Crippen molar-refractivity contribution in [2.75, 3.05) is 14.1 Å². The predicted molar refractivity (Wildman–Crippen MR) is 99.3 cm³/mol. The quantitative estimate of drug-likeness (QED) is 0.770. The van der Waals surface area contributed by atoms with Gasteiger partial charge in [-0.05, 0) is 50.3 Å². The molecule has 0 bridgehead atoms. The van der Waals surface area contributed by atoms with Crippen molar-refractivity contribution in [2.45, 2.75) is 32.7 Å². The molecule has 0 saturated heterocycles. The molecule has 1 saturated carbocycles. The number of carbonyl (C=O) groups is 1. The van der Waals surface area contributed by atoms with Gasteiger partial charge in [0.05, 0.1) is 0 Å². The maximum atomic E-state index is 12.0. The van der Waals surface area contributed by atoms with Gasteiger partial charge in [0.15, 0.2) is 17.3 Å². The summed E-state index contributed by atoms with van der Waals surface area (Å²) in [7, 11) is 3.36. The minimum atomic E-state index is -0.195. The van der Waals surface area contributed by atoms with Gasteiger partial charge in [0.25, 0.3) is 5.91 Å². The van der Waals surface area contributed by atoms with E-state index < -0.39 is 0 Å². The Morgan fingerprint density at radius 1 is 1.35 bits per heavy atom. The first kappa shape index (κ1) is 16.7. The molecule has 1 aliphatic rings. The Morgan fingerprint density at radius 2 is 2.08 bits per heavy atom. The summed E-state index contributed by atoms with van der Waals surface area (Å²) in [5.74, 6) is 1.32. The Hall–Kier alpha value is -2.76. The largest absolute Gasteiger partial charge is 0.494 e. The van der Waals surface area contributed by atoms with Crippen LogP contribution in [0.2, 0.25) is 0 Å². The highest BCUT2D eigenvalue weighted by Crippen LogP contribution is 2.44. The average molecular weight is 353 g/mol. The number of aryl methyl sites for hydroxylation is 1. The maximum Gasteiger partial charge on any atom is 0.275 e. The number of rotatable bonds is 4. The van der Waals surface area contributed by atoms with Gasteiger partial charge in [-0.2, -0.15) is 0 Å². The summed E-state index contributed by atoms with van der Waals surface area (Å²) >= 11 is 0. The van der Waals surface area contributed by atoms with E-state index in [9.17, 15) is 9.90 Å². The highest BCUT2D eigenvalue weighted by Gasteiger charge is 2.31. The number of amides is 1. The van der Waals surface area contributed by atoms with Crippen molar-refractivity contribution in [3.63, 3.8) is 0 Å². The van der Waals surface area contributed by atoms with Crippen LogP contribution in [-0.4, -0.2) is 39.7 Å². The van der Waals surface area contributed by atoms with Crippen LogP contribution >= 0.6 is 0 Å². The fourth-order valence-corrected chi connectivity index (χ4v) is 3.56. The van der Waals surface area contributed by atoms with Crippen LogP contribution < -0.4 is 0 Å². The van der Waals surface area contributed by atoms with Crippen LogP contribution in [0.1, 0.15) is 41.9 Å². The molecule has 1 N–H and O–H groups in total. The van der Waals surface area contributed by atoms with E-state index in [-0.39, 0.29) is 11.6 Å². The number of fused-ring (bicyclic) bond motifs is 1. The lowest BCUT2D eigenvalue weighted by molar-refractivity contribution is 0.0817. The van der Waals surface area contributed by atoms with Gasteiger partial charge in [0.2, 0.25) is 0 Å². The van der Waals surface area contributed by atoms with Crippen LogP contribution in [0, 0.1) is 12.8 Å². The van der Waals surface area contributed by atoms with Crippen molar-refractivity contribution in [1.29, 1.82) is 0 Å². The molecule has 0 spiro atoms. The van der Waals surface area contributed by atoms with Crippen molar-refractivity contribution in [3.05, 3.63) is 35.7 Å². The van der Waals surface area contributed by atoms with Gasteiger partial charge >= 0.3 is 0 Å². The molecule has 1 aliphatic carbocycles. The minimum Gasteiger partial charge on any atom is -0.494 e. The van der Waals surface area contributed by atoms with Gasteiger partial charge in [-0.15, -0.1) is 0 Å². The van der Waals surface area contributed by atoms with Gasteiger partial charge in [-0.1, -0.05) is 5.16 Å². The summed E-state index contributed by atoms with van der Waals surface area (Å²) in [6.45, 7) is 4.13. The van der Waals surface area contributed by atoms with Gasteiger partial charge in [-0.25, -0.2) is 0 Å². The molecule has 0 unspecified atom stereocenters. The molecule has 26 heavy (non-hydrogen) atoms. The van der Waals surface area contributed by atoms with Gasteiger partial charge < -0.3 is 19.1 Å². The Kier molecular flexibility index (Phi) is 3.79. The summed E-state index contributed by atoms with van der Waals surface area (Å²) in [6, 6.07) is 5.88. The first-order valence-corrected chi connectivity index (χ1v) is 8.89. The van der Waals surface area contributed by atoms with Gasteiger partial charge in [-0.3, -0.25) is 4.79 Å². The SMILES string of the molecule is Cc1cc(-c2cc(C(=O)N(C)C)no2)cc2cn([C@@H](C)C3CC3)c(O)c12. The lowest BCUT2D eigenvalue weighted by Gasteiger charge is -2.13. The van der Waals surface area contributed by atoms with E-state index in [1.807, 2.05) is 29.8 Å². The number of aromatic nitrogens is 2. The number of carbonyl (C=O) groups excluding carboxylic acids is 1. The third-order valence-corrected chi connectivity index (χ3v) is 5.28. The number of aromatic hydroxyl groups is 1. The molecule has 6 nitrogen and oxygen atoms in total. The predicted octanol–water partition coefficient (Wildman–Crippen LogP) is 3.98. The first-order valence-electron chi connectivity index (χ1n) is 8.89. The molecule has 0 aliphatic heterocycles. The van der Waals surface area contributed by atoms with Crippen LogP contribution in [0.5, 0.6) is 5.88 Å². The fourth-order valence-electron chi connectivity index (χ4n) is 3.56. The smallest absolute Gasteiger partial charge is 0.275 e. The fraction of sp³-hybridized carbons (Fsp3) is 0.400. The standard InChI is InChI=1S/C20H23N3O3/c1-11-7-14(17-9-16(21-26-17)19(24)22(3)4)8-15-10-23(20(25)18(11)15)12(2)13-5-6-13/h7-10,12-13,25H,5-6H2,1-4H3/t12-/m0/s1. The molecular weight excluding hydrogens is 330 g/mol. The van der Waals surface area contributed by atoms with Crippen molar-refractivity contribution < 1.29 is 14.4 Å². The van der Waals surface area contributed by atoms with Crippen LogP contribution in [0.4, 0.5) is 0 Å². The molecule has 6 heteroatoms. The highest BCUT2D eigenvalue weighted by molar-refractivity contribution is 5.95. The third kappa shape index (κ3) is 2.66. The molecule has 2 aromatic heterocycles. The van der Waals surface area contributed by atoms with Crippen molar-refractivity contribution in [1.82, 2.24) is 14.6 Å². The van der Waals surface area contributed by atoms with Crippen LogP contribution in [0.3, 0.4) is 0 Å². The summed E-state index contributed by atoms with van der Waals surface area (Å²) < 4.78 is 7.36. The Labute approximate surface area is 152 Å². The molecule has 4 rings (SSSR count). The zero-order chi connectivity index (χ0) is 18.6. The monoisotopic (exact) mass is 353 g/mol. The Morgan fingerprint density at radius 3 is 2.73 bits per heavy atom. The van der Waals surface area contributed by atoms with E-state index in [0.717, 1.165) is 21.9 Å². The molecule has 1 atom stereocenters. The topological polar surface area (TPSA) is 71.5 Å². The molecule has 3 aromatic rings. The van der Waals surface area contributed by atoms with E-state index in [0.29, 0.717) is 23.6 Å². The van der Waals surface area contributed by atoms with E-state index in [1.54, 1.807) is 20.2 Å². The maximum absolute atomic E-state index is 12.0. The highest BCUT2D eigenvalue weighted by atomic mass is 16.5. The molecule has 1 aromatic carbocycles. The third-order valence-electron chi connectivity index (χ3n) is 5.28. The lowest BCUT2D eigenvalue weighted by atomic mass is 10.0. The zero-order valence-corrected chi connectivity index (χ0v) is 15.5. The van der Waals surface area contributed by atoms with E-state index in [2.05, 4.69) is 12.1 Å². The minimum absolute atomic E-state index is 0.195. The van der Waals surface area contributed by atoms with E-state index in [1.165, 1.54) is 17.7 Å². The first-order chi connectivity index (χ1) is 12.4. The molecule has 1 amide bonds. The summed E-state index contributed by atoms with van der Waals surface area (Å²) in [5.41, 5.74) is 2.09. The second-order valence-corrected chi connectivity index (χ2v) is 7.47. The number of hydrogen-bond donors (Lipinski definition) is 1. The number of nitrogens with zero attached hydrogens (tertiary/aromatic N) is 3. The van der Waals surface area contributed by atoms with Crippen LogP contribution in [0.25, 0.3) is 22.1 Å². The zero-order valence-electron chi connectivity index (χ0n) is 15.5. The van der Waals surface area contributed by atoms with Crippen molar-refractivity contribution in [2.24, 2.45) is 5.92 Å². The molecule has 2 heterocycles. The van der Waals surface area contributed by atoms with Crippen molar-refractivity contribution >= 4 is 16.7 Å². The Balaban J connectivity index is 1.76. The van der Waals surface area contributed by atoms with E-state index >= 15 is 0 Å². The molecule has 0 radical (unpaired) electrons. The second-order valence-electron chi connectivity index (χ2n) is 7.47.